The Kier molecular flexibility index (Phi) is 6.05. The summed E-state index contributed by atoms with van der Waals surface area (Å²) in [4.78, 5) is 11.7. The van der Waals surface area contributed by atoms with Crippen LogP contribution in [-0.2, 0) is 4.79 Å². The van der Waals surface area contributed by atoms with Crippen molar-refractivity contribution < 1.29 is 9.53 Å². The van der Waals surface area contributed by atoms with Crippen LogP contribution in [-0.4, -0.2) is 18.6 Å². The number of nitrogen functional groups attached to an aromatic ring is 1. The van der Waals surface area contributed by atoms with Gasteiger partial charge in [-0.2, -0.15) is 0 Å². The molecule has 0 spiro atoms. The van der Waals surface area contributed by atoms with Crippen molar-refractivity contribution in [2.75, 3.05) is 12.3 Å². The highest BCUT2D eigenvalue weighted by atomic mass is 16.5. The van der Waals surface area contributed by atoms with E-state index in [1.54, 1.807) is 24.3 Å². The first-order valence-electron chi connectivity index (χ1n) is 6.43. The summed E-state index contributed by atoms with van der Waals surface area (Å²) in [6.07, 6.45) is 3.02. The second-order valence-electron chi connectivity index (χ2n) is 4.32. The van der Waals surface area contributed by atoms with Crippen molar-refractivity contribution in [1.82, 2.24) is 5.32 Å². The van der Waals surface area contributed by atoms with Crippen molar-refractivity contribution >= 4 is 11.6 Å². The Labute approximate surface area is 109 Å². The van der Waals surface area contributed by atoms with E-state index in [2.05, 4.69) is 19.2 Å². The van der Waals surface area contributed by atoms with Gasteiger partial charge in [0.15, 0.2) is 6.61 Å². The molecule has 1 atom stereocenters. The topological polar surface area (TPSA) is 64.3 Å². The third-order valence-electron chi connectivity index (χ3n) is 2.75. The molecule has 100 valence electrons. The van der Waals surface area contributed by atoms with Gasteiger partial charge in [0.2, 0.25) is 0 Å². The first-order valence-corrected chi connectivity index (χ1v) is 6.43. The van der Waals surface area contributed by atoms with Crippen LogP contribution in [0.2, 0.25) is 0 Å². The maximum atomic E-state index is 11.7. The van der Waals surface area contributed by atoms with Crippen LogP contribution in [0, 0.1) is 0 Å². The average Bonchev–Trinajstić information content (AvgIpc) is 2.37. The lowest BCUT2D eigenvalue weighted by atomic mass is 10.1. The summed E-state index contributed by atoms with van der Waals surface area (Å²) in [6, 6.07) is 7.26. The zero-order valence-electron chi connectivity index (χ0n) is 11.1. The van der Waals surface area contributed by atoms with Gasteiger partial charge in [-0.1, -0.05) is 20.3 Å². The molecule has 18 heavy (non-hydrogen) atoms. The van der Waals surface area contributed by atoms with Gasteiger partial charge in [-0.15, -0.1) is 0 Å². The molecule has 1 unspecified atom stereocenters. The molecule has 0 heterocycles. The lowest BCUT2D eigenvalue weighted by Gasteiger charge is -2.16. The number of anilines is 1. The molecule has 0 fully saturated rings. The van der Waals surface area contributed by atoms with Crippen molar-refractivity contribution in [3.05, 3.63) is 24.3 Å². The Balaban J connectivity index is 2.34. The number of carbonyl (C=O) groups excluding carboxylic acids is 1. The van der Waals surface area contributed by atoms with Crippen LogP contribution in [0.4, 0.5) is 5.69 Å². The van der Waals surface area contributed by atoms with Crippen LogP contribution in [0.25, 0.3) is 0 Å². The minimum atomic E-state index is -0.0767. The highest BCUT2D eigenvalue weighted by Crippen LogP contribution is 2.12. The molecule has 1 aromatic rings. The molecule has 4 nitrogen and oxygen atoms in total. The third kappa shape index (κ3) is 5.08. The molecule has 0 bridgehead atoms. The number of carbonyl (C=O) groups is 1. The van der Waals surface area contributed by atoms with E-state index < -0.39 is 0 Å². The van der Waals surface area contributed by atoms with Gasteiger partial charge in [0.25, 0.3) is 5.91 Å². The number of hydrogen-bond donors (Lipinski definition) is 2. The van der Waals surface area contributed by atoms with E-state index in [9.17, 15) is 4.79 Å². The molecule has 0 aliphatic carbocycles. The first kappa shape index (κ1) is 14.4. The number of ether oxygens (including phenoxy) is 1. The highest BCUT2D eigenvalue weighted by molar-refractivity contribution is 5.77. The van der Waals surface area contributed by atoms with Crippen LogP contribution in [0.15, 0.2) is 24.3 Å². The fourth-order valence-electron chi connectivity index (χ4n) is 1.71. The summed E-state index contributed by atoms with van der Waals surface area (Å²) < 4.78 is 5.38. The van der Waals surface area contributed by atoms with Gasteiger partial charge in [0.1, 0.15) is 5.75 Å². The standard InChI is InChI=1S/C14H22N2O2/c1-3-5-12(4-2)16-14(17)10-18-13-8-6-11(15)7-9-13/h6-9,12H,3-5,10,15H2,1-2H3,(H,16,17). The molecule has 4 heteroatoms. The minimum Gasteiger partial charge on any atom is -0.484 e. The third-order valence-corrected chi connectivity index (χ3v) is 2.75. The quantitative estimate of drug-likeness (QED) is 0.730. The molecule has 1 rings (SSSR count). The van der Waals surface area contributed by atoms with Gasteiger partial charge in [0.05, 0.1) is 0 Å². The Bertz CT molecular complexity index is 363. The van der Waals surface area contributed by atoms with E-state index in [1.807, 2.05) is 0 Å². The monoisotopic (exact) mass is 250 g/mol. The Morgan fingerprint density at radius 1 is 1.33 bits per heavy atom. The van der Waals surface area contributed by atoms with E-state index in [0.29, 0.717) is 11.4 Å². The van der Waals surface area contributed by atoms with Crippen LogP contribution in [0.5, 0.6) is 5.75 Å². The molecule has 1 amide bonds. The summed E-state index contributed by atoms with van der Waals surface area (Å²) in [5.74, 6) is 0.579. The van der Waals surface area contributed by atoms with E-state index in [4.69, 9.17) is 10.5 Å². The van der Waals surface area contributed by atoms with Crippen molar-refractivity contribution in [3.63, 3.8) is 0 Å². The summed E-state index contributed by atoms with van der Waals surface area (Å²) in [6.45, 7) is 4.23. The molecule has 0 saturated heterocycles. The lowest BCUT2D eigenvalue weighted by molar-refractivity contribution is -0.123. The fraction of sp³-hybridized carbons (Fsp3) is 0.500. The fourth-order valence-corrected chi connectivity index (χ4v) is 1.71. The molecule has 0 aliphatic rings. The minimum absolute atomic E-state index is 0.0458. The Hall–Kier alpha value is -1.71. The summed E-state index contributed by atoms with van der Waals surface area (Å²) in [7, 11) is 0. The molecule has 1 aromatic carbocycles. The molecular formula is C14H22N2O2. The maximum absolute atomic E-state index is 11.7. The predicted octanol–water partition coefficient (Wildman–Crippen LogP) is 2.34. The SMILES string of the molecule is CCCC(CC)NC(=O)COc1ccc(N)cc1. The van der Waals surface area contributed by atoms with Crippen molar-refractivity contribution in [2.45, 2.75) is 39.2 Å². The Morgan fingerprint density at radius 3 is 2.56 bits per heavy atom. The molecule has 3 N–H and O–H groups in total. The number of nitrogens with one attached hydrogen (secondary N) is 1. The van der Waals surface area contributed by atoms with Crippen LogP contribution in [0.1, 0.15) is 33.1 Å². The molecule has 0 aromatic heterocycles. The second-order valence-corrected chi connectivity index (χ2v) is 4.32. The predicted molar refractivity (Wildman–Crippen MR) is 73.5 cm³/mol. The normalized spacial score (nSPS) is 11.9. The smallest absolute Gasteiger partial charge is 0.258 e. The van der Waals surface area contributed by atoms with Gasteiger partial charge < -0.3 is 15.8 Å². The van der Waals surface area contributed by atoms with E-state index in [0.717, 1.165) is 19.3 Å². The second kappa shape index (κ2) is 7.58. The number of hydrogen-bond acceptors (Lipinski definition) is 3. The van der Waals surface area contributed by atoms with Crippen molar-refractivity contribution in [1.29, 1.82) is 0 Å². The zero-order chi connectivity index (χ0) is 13.4. The van der Waals surface area contributed by atoms with E-state index >= 15 is 0 Å². The van der Waals surface area contributed by atoms with Crippen LogP contribution in [0.3, 0.4) is 0 Å². The summed E-state index contributed by atoms with van der Waals surface area (Å²) in [5.41, 5.74) is 6.25. The first-order chi connectivity index (χ1) is 8.65. The Morgan fingerprint density at radius 2 is 2.00 bits per heavy atom. The van der Waals surface area contributed by atoms with Crippen molar-refractivity contribution in [2.24, 2.45) is 0 Å². The van der Waals surface area contributed by atoms with Gasteiger partial charge in [0, 0.05) is 11.7 Å². The molecule has 0 saturated carbocycles. The zero-order valence-corrected chi connectivity index (χ0v) is 11.1. The average molecular weight is 250 g/mol. The maximum Gasteiger partial charge on any atom is 0.258 e. The van der Waals surface area contributed by atoms with Gasteiger partial charge in [-0.25, -0.2) is 0 Å². The van der Waals surface area contributed by atoms with Gasteiger partial charge >= 0.3 is 0 Å². The lowest BCUT2D eigenvalue weighted by Crippen LogP contribution is -2.37. The van der Waals surface area contributed by atoms with E-state index in [-0.39, 0.29) is 18.6 Å². The number of nitrogens with two attached hydrogens (primary N) is 1. The van der Waals surface area contributed by atoms with Crippen LogP contribution >= 0.6 is 0 Å². The molecular weight excluding hydrogens is 228 g/mol. The highest BCUT2D eigenvalue weighted by Gasteiger charge is 2.09. The number of rotatable bonds is 7. The van der Waals surface area contributed by atoms with Gasteiger partial charge in [-0.05, 0) is 37.1 Å². The number of benzene rings is 1. The van der Waals surface area contributed by atoms with Crippen LogP contribution < -0.4 is 15.8 Å². The van der Waals surface area contributed by atoms with E-state index in [1.165, 1.54) is 0 Å². The summed E-state index contributed by atoms with van der Waals surface area (Å²) in [5, 5.41) is 2.96. The molecule has 0 radical (unpaired) electrons. The van der Waals surface area contributed by atoms with Crippen molar-refractivity contribution in [3.8, 4) is 5.75 Å². The largest absolute Gasteiger partial charge is 0.484 e. The summed E-state index contributed by atoms with van der Waals surface area (Å²) >= 11 is 0. The van der Waals surface area contributed by atoms with Gasteiger partial charge in [-0.3, -0.25) is 4.79 Å². The molecule has 0 aliphatic heterocycles. The number of amides is 1.